The molecule has 0 atom stereocenters. The third kappa shape index (κ3) is 3.73. The van der Waals surface area contributed by atoms with E-state index in [2.05, 4.69) is 0 Å². The lowest BCUT2D eigenvalue weighted by molar-refractivity contribution is -0.158. The number of halogens is 1. The number of aliphatic hydroxyl groups excluding tert-OH is 1. The SMILES string of the molecule is Cc1ccc(Oc2ccc(Cl)cc2)cc1C1=C(O)C(C)(C)OC(C)(C)C1=O. The standard InChI is InChI=1S/C22H23ClO4/c1-13-6-9-16(26-15-10-7-14(23)8-11-15)12-17(13)18-19(24)21(2,3)27-22(4,5)20(18)25/h6-12,24H,1-5H3. The number of Topliss-reactive ketones (excluding diaryl/α,β-unsaturated/α-hetero) is 1. The van der Waals surface area contributed by atoms with Gasteiger partial charge >= 0.3 is 0 Å². The Morgan fingerprint density at radius 1 is 0.963 bits per heavy atom. The summed E-state index contributed by atoms with van der Waals surface area (Å²) in [5.41, 5.74) is -0.234. The lowest BCUT2D eigenvalue weighted by Crippen LogP contribution is -2.49. The summed E-state index contributed by atoms with van der Waals surface area (Å²) in [7, 11) is 0. The van der Waals surface area contributed by atoms with Crippen LogP contribution < -0.4 is 4.74 Å². The topological polar surface area (TPSA) is 55.8 Å². The molecule has 0 aliphatic carbocycles. The van der Waals surface area contributed by atoms with Crippen LogP contribution in [0.5, 0.6) is 11.5 Å². The molecular formula is C22H23ClO4. The van der Waals surface area contributed by atoms with Gasteiger partial charge in [0.05, 0.1) is 5.57 Å². The Morgan fingerprint density at radius 3 is 2.19 bits per heavy atom. The molecular weight excluding hydrogens is 364 g/mol. The zero-order valence-electron chi connectivity index (χ0n) is 16.1. The summed E-state index contributed by atoms with van der Waals surface area (Å²) in [5.74, 6) is 0.865. The average molecular weight is 387 g/mol. The van der Waals surface area contributed by atoms with E-state index in [-0.39, 0.29) is 17.1 Å². The number of carbonyl (C=O) groups is 1. The maximum Gasteiger partial charge on any atom is 0.198 e. The van der Waals surface area contributed by atoms with Crippen LogP contribution in [0.3, 0.4) is 0 Å². The van der Waals surface area contributed by atoms with Gasteiger partial charge in [-0.05, 0) is 82.1 Å². The van der Waals surface area contributed by atoms with Gasteiger partial charge in [0.2, 0.25) is 0 Å². The summed E-state index contributed by atoms with van der Waals surface area (Å²) < 4.78 is 11.7. The largest absolute Gasteiger partial charge is 0.508 e. The second-order valence-electron chi connectivity index (χ2n) is 7.71. The van der Waals surface area contributed by atoms with Crippen LogP contribution in [0.2, 0.25) is 5.02 Å². The summed E-state index contributed by atoms with van der Waals surface area (Å²) in [6.07, 6.45) is 0. The average Bonchev–Trinajstić information content (AvgIpc) is 2.57. The highest BCUT2D eigenvalue weighted by Gasteiger charge is 2.47. The van der Waals surface area contributed by atoms with Gasteiger partial charge in [0.25, 0.3) is 0 Å². The zero-order valence-corrected chi connectivity index (χ0v) is 16.8. The maximum absolute atomic E-state index is 13.0. The van der Waals surface area contributed by atoms with E-state index in [1.165, 1.54) is 0 Å². The third-order valence-electron chi connectivity index (χ3n) is 4.62. The number of aryl methyl sites for hydroxylation is 1. The Labute approximate surface area is 164 Å². The molecule has 1 heterocycles. The van der Waals surface area contributed by atoms with E-state index in [9.17, 15) is 9.90 Å². The van der Waals surface area contributed by atoms with Crippen molar-refractivity contribution in [3.05, 3.63) is 64.4 Å². The molecule has 0 unspecified atom stereocenters. The predicted molar refractivity (Wildman–Crippen MR) is 107 cm³/mol. The molecule has 0 spiro atoms. The van der Waals surface area contributed by atoms with Gasteiger partial charge in [0.15, 0.2) is 5.78 Å². The van der Waals surface area contributed by atoms with Crippen LogP contribution in [0.15, 0.2) is 48.2 Å². The molecule has 0 amide bonds. The fraction of sp³-hybridized carbons (Fsp3) is 0.318. The first-order chi connectivity index (χ1) is 12.5. The van der Waals surface area contributed by atoms with Gasteiger partial charge in [-0.25, -0.2) is 0 Å². The number of rotatable bonds is 3. The summed E-state index contributed by atoms with van der Waals surface area (Å²) in [6.45, 7) is 8.82. The summed E-state index contributed by atoms with van der Waals surface area (Å²) in [6, 6.07) is 12.5. The van der Waals surface area contributed by atoms with Crippen molar-refractivity contribution >= 4 is 23.0 Å². The van der Waals surface area contributed by atoms with Crippen LogP contribution in [0.4, 0.5) is 0 Å². The van der Waals surface area contributed by atoms with E-state index in [0.717, 1.165) is 5.56 Å². The minimum atomic E-state index is -1.04. The van der Waals surface area contributed by atoms with Crippen LogP contribution in [-0.4, -0.2) is 22.1 Å². The second-order valence-corrected chi connectivity index (χ2v) is 8.14. The molecule has 4 nitrogen and oxygen atoms in total. The van der Waals surface area contributed by atoms with Crippen molar-refractivity contribution in [3.63, 3.8) is 0 Å². The van der Waals surface area contributed by atoms with Gasteiger partial charge in [-0.2, -0.15) is 0 Å². The molecule has 142 valence electrons. The van der Waals surface area contributed by atoms with Gasteiger partial charge in [-0.15, -0.1) is 0 Å². The van der Waals surface area contributed by atoms with E-state index in [0.29, 0.717) is 22.1 Å². The smallest absolute Gasteiger partial charge is 0.198 e. The first-order valence-electron chi connectivity index (χ1n) is 8.74. The molecule has 1 aliphatic heterocycles. The monoisotopic (exact) mass is 386 g/mol. The van der Waals surface area contributed by atoms with Crippen LogP contribution in [0.25, 0.3) is 5.57 Å². The molecule has 5 heteroatoms. The molecule has 0 bridgehead atoms. The summed E-state index contributed by atoms with van der Waals surface area (Å²) in [4.78, 5) is 13.0. The number of carbonyl (C=O) groups excluding carboxylic acids is 1. The van der Waals surface area contributed by atoms with Crippen molar-refractivity contribution in [1.82, 2.24) is 0 Å². The van der Waals surface area contributed by atoms with Crippen LogP contribution in [-0.2, 0) is 9.53 Å². The van der Waals surface area contributed by atoms with Crippen molar-refractivity contribution in [2.24, 2.45) is 0 Å². The number of ether oxygens (including phenoxy) is 2. The van der Waals surface area contributed by atoms with Gasteiger partial charge in [0.1, 0.15) is 28.5 Å². The number of hydrogen-bond donors (Lipinski definition) is 1. The summed E-state index contributed by atoms with van der Waals surface area (Å²) in [5, 5.41) is 11.4. The number of ketones is 1. The van der Waals surface area contributed by atoms with Crippen molar-refractivity contribution in [2.75, 3.05) is 0 Å². The van der Waals surface area contributed by atoms with E-state index in [4.69, 9.17) is 21.1 Å². The quantitative estimate of drug-likeness (QED) is 0.717. The molecule has 1 N–H and O–H groups in total. The number of aliphatic hydroxyl groups is 1. The van der Waals surface area contributed by atoms with Gasteiger partial charge in [0, 0.05) is 5.02 Å². The Morgan fingerprint density at radius 2 is 1.56 bits per heavy atom. The highest BCUT2D eigenvalue weighted by atomic mass is 35.5. The van der Waals surface area contributed by atoms with Crippen molar-refractivity contribution < 1.29 is 19.4 Å². The number of benzene rings is 2. The molecule has 27 heavy (non-hydrogen) atoms. The van der Waals surface area contributed by atoms with Crippen molar-refractivity contribution in [2.45, 2.75) is 45.8 Å². The Bertz CT molecular complexity index is 924. The van der Waals surface area contributed by atoms with Crippen molar-refractivity contribution in [1.29, 1.82) is 0 Å². The second kappa shape index (κ2) is 6.70. The predicted octanol–water partition coefficient (Wildman–Crippen LogP) is 5.87. The molecule has 3 rings (SSSR count). The lowest BCUT2D eigenvalue weighted by Gasteiger charge is -2.40. The van der Waals surface area contributed by atoms with E-state index < -0.39 is 11.2 Å². The van der Waals surface area contributed by atoms with Gasteiger partial charge in [-0.3, -0.25) is 4.79 Å². The van der Waals surface area contributed by atoms with Crippen LogP contribution in [0, 0.1) is 6.92 Å². The minimum Gasteiger partial charge on any atom is -0.508 e. The molecule has 2 aromatic carbocycles. The first-order valence-corrected chi connectivity index (χ1v) is 9.12. The number of hydrogen-bond acceptors (Lipinski definition) is 4. The Balaban J connectivity index is 2.08. The van der Waals surface area contributed by atoms with Crippen molar-refractivity contribution in [3.8, 4) is 11.5 Å². The highest BCUT2D eigenvalue weighted by molar-refractivity contribution is 6.30. The van der Waals surface area contributed by atoms with Crippen LogP contribution in [0.1, 0.15) is 38.8 Å². The molecule has 0 saturated carbocycles. The van der Waals surface area contributed by atoms with E-state index >= 15 is 0 Å². The molecule has 0 saturated heterocycles. The molecule has 1 aliphatic rings. The fourth-order valence-electron chi connectivity index (χ4n) is 3.26. The molecule has 0 aromatic heterocycles. The Kier molecular flexibility index (Phi) is 4.83. The molecule has 0 radical (unpaired) electrons. The molecule has 0 fully saturated rings. The maximum atomic E-state index is 13.0. The lowest BCUT2D eigenvalue weighted by atomic mass is 9.82. The Hall–Kier alpha value is -2.30. The normalized spacial score (nSPS) is 18.5. The first kappa shape index (κ1) is 19.5. The van der Waals surface area contributed by atoms with E-state index in [1.807, 2.05) is 19.1 Å². The minimum absolute atomic E-state index is 0.0708. The van der Waals surface area contributed by atoms with E-state index in [1.54, 1.807) is 58.0 Å². The van der Waals surface area contributed by atoms with Gasteiger partial charge < -0.3 is 14.6 Å². The molecule has 2 aromatic rings. The third-order valence-corrected chi connectivity index (χ3v) is 4.87. The highest BCUT2D eigenvalue weighted by Crippen LogP contribution is 2.41. The van der Waals surface area contributed by atoms with Crippen LogP contribution >= 0.6 is 11.6 Å². The van der Waals surface area contributed by atoms with Gasteiger partial charge in [-0.1, -0.05) is 17.7 Å². The fourth-order valence-corrected chi connectivity index (χ4v) is 3.39. The summed E-state index contributed by atoms with van der Waals surface area (Å²) >= 11 is 5.91. The zero-order chi connectivity index (χ0) is 20.0.